The fourth-order valence-electron chi connectivity index (χ4n) is 1.98. The van der Waals surface area contributed by atoms with Crippen LogP contribution in [-0.2, 0) is 0 Å². The maximum Gasteiger partial charge on any atom is 0.125 e. The number of H-pyrrole nitrogens is 1. The summed E-state index contributed by atoms with van der Waals surface area (Å²) in [6.07, 6.45) is 1.90. The van der Waals surface area contributed by atoms with E-state index in [4.69, 9.17) is 0 Å². The SMILES string of the molecule is Fc1ccc2c(-c3ccc(S)cc3)c[nH]c2c1. The first kappa shape index (κ1) is 10.4. The highest BCUT2D eigenvalue weighted by Crippen LogP contribution is 2.29. The molecule has 0 amide bonds. The Morgan fingerprint density at radius 1 is 1.00 bits per heavy atom. The Balaban J connectivity index is 2.21. The van der Waals surface area contributed by atoms with Crippen LogP contribution in [0.3, 0.4) is 0 Å². The Bertz CT molecular complexity index is 670. The Morgan fingerprint density at radius 3 is 2.53 bits per heavy atom. The average molecular weight is 243 g/mol. The lowest BCUT2D eigenvalue weighted by atomic mass is 10.1. The summed E-state index contributed by atoms with van der Waals surface area (Å²) in [5, 5.41) is 1.03. The first-order valence-corrected chi connectivity index (χ1v) is 5.75. The molecule has 0 unspecified atom stereocenters. The minimum atomic E-state index is -0.225. The Labute approximate surface area is 104 Å². The zero-order valence-electron chi connectivity index (χ0n) is 8.94. The molecule has 0 saturated heterocycles. The van der Waals surface area contributed by atoms with E-state index in [0.717, 1.165) is 26.9 Å². The average Bonchev–Trinajstić information content (AvgIpc) is 2.73. The van der Waals surface area contributed by atoms with Crippen LogP contribution in [0.1, 0.15) is 0 Å². The van der Waals surface area contributed by atoms with Gasteiger partial charge in [0, 0.05) is 27.6 Å². The molecule has 0 saturated carbocycles. The van der Waals surface area contributed by atoms with Gasteiger partial charge >= 0.3 is 0 Å². The number of halogens is 1. The van der Waals surface area contributed by atoms with E-state index in [2.05, 4.69) is 17.6 Å². The number of hydrogen-bond acceptors (Lipinski definition) is 1. The van der Waals surface area contributed by atoms with Crippen LogP contribution in [-0.4, -0.2) is 4.98 Å². The number of benzene rings is 2. The second-order valence-electron chi connectivity index (χ2n) is 3.94. The van der Waals surface area contributed by atoms with Crippen molar-refractivity contribution in [2.45, 2.75) is 4.90 Å². The molecule has 1 aromatic heterocycles. The molecule has 2 aromatic carbocycles. The fraction of sp³-hybridized carbons (Fsp3) is 0. The van der Waals surface area contributed by atoms with Crippen LogP contribution in [0.2, 0.25) is 0 Å². The second-order valence-corrected chi connectivity index (χ2v) is 4.46. The van der Waals surface area contributed by atoms with Crippen molar-refractivity contribution >= 4 is 23.5 Å². The predicted molar refractivity (Wildman–Crippen MR) is 70.9 cm³/mol. The van der Waals surface area contributed by atoms with Gasteiger partial charge in [0.2, 0.25) is 0 Å². The third-order valence-electron chi connectivity index (χ3n) is 2.82. The van der Waals surface area contributed by atoms with E-state index in [0.29, 0.717) is 0 Å². The highest BCUT2D eigenvalue weighted by atomic mass is 32.1. The van der Waals surface area contributed by atoms with Gasteiger partial charge in [-0.2, -0.15) is 0 Å². The summed E-state index contributed by atoms with van der Waals surface area (Å²) in [6, 6.07) is 12.7. The van der Waals surface area contributed by atoms with Gasteiger partial charge in [-0.05, 0) is 35.9 Å². The van der Waals surface area contributed by atoms with Crippen LogP contribution in [0.5, 0.6) is 0 Å². The number of aromatic amines is 1. The van der Waals surface area contributed by atoms with Crippen molar-refractivity contribution in [2.24, 2.45) is 0 Å². The highest BCUT2D eigenvalue weighted by Gasteiger charge is 2.06. The van der Waals surface area contributed by atoms with Crippen molar-refractivity contribution in [2.75, 3.05) is 0 Å². The van der Waals surface area contributed by atoms with Gasteiger partial charge in [-0.25, -0.2) is 4.39 Å². The van der Waals surface area contributed by atoms with E-state index in [-0.39, 0.29) is 5.82 Å². The van der Waals surface area contributed by atoms with Crippen molar-refractivity contribution < 1.29 is 4.39 Å². The summed E-state index contributed by atoms with van der Waals surface area (Å²) in [6.45, 7) is 0. The largest absolute Gasteiger partial charge is 0.360 e. The lowest BCUT2D eigenvalue weighted by molar-refractivity contribution is 0.629. The predicted octanol–water partition coefficient (Wildman–Crippen LogP) is 4.26. The summed E-state index contributed by atoms with van der Waals surface area (Å²) in [7, 11) is 0. The van der Waals surface area contributed by atoms with Crippen molar-refractivity contribution in [1.29, 1.82) is 0 Å². The molecule has 84 valence electrons. The van der Waals surface area contributed by atoms with Gasteiger partial charge in [0.15, 0.2) is 0 Å². The van der Waals surface area contributed by atoms with Crippen molar-refractivity contribution in [1.82, 2.24) is 4.98 Å². The summed E-state index contributed by atoms with van der Waals surface area (Å²) in [4.78, 5) is 4.01. The van der Waals surface area contributed by atoms with Crippen LogP contribution in [0.25, 0.3) is 22.0 Å². The van der Waals surface area contributed by atoms with Crippen LogP contribution in [0.4, 0.5) is 4.39 Å². The van der Waals surface area contributed by atoms with Crippen LogP contribution >= 0.6 is 12.6 Å². The molecule has 3 aromatic rings. The molecule has 17 heavy (non-hydrogen) atoms. The van der Waals surface area contributed by atoms with Crippen LogP contribution < -0.4 is 0 Å². The highest BCUT2D eigenvalue weighted by molar-refractivity contribution is 7.80. The molecule has 3 heteroatoms. The molecule has 0 aliphatic rings. The number of thiol groups is 1. The summed E-state index contributed by atoms with van der Waals surface area (Å²) >= 11 is 4.26. The van der Waals surface area contributed by atoms with E-state index < -0.39 is 0 Å². The van der Waals surface area contributed by atoms with Gasteiger partial charge in [0.05, 0.1) is 0 Å². The topological polar surface area (TPSA) is 15.8 Å². The smallest absolute Gasteiger partial charge is 0.125 e. The van der Waals surface area contributed by atoms with Crippen molar-refractivity contribution in [3.63, 3.8) is 0 Å². The Hall–Kier alpha value is -1.74. The molecule has 1 N–H and O–H groups in total. The molecule has 0 bridgehead atoms. The maximum absolute atomic E-state index is 13.1. The van der Waals surface area contributed by atoms with Gasteiger partial charge in [-0.15, -0.1) is 12.6 Å². The van der Waals surface area contributed by atoms with E-state index >= 15 is 0 Å². The molecular formula is C14H10FNS. The number of nitrogens with one attached hydrogen (secondary N) is 1. The van der Waals surface area contributed by atoms with Gasteiger partial charge in [-0.1, -0.05) is 12.1 Å². The van der Waals surface area contributed by atoms with Gasteiger partial charge in [0.25, 0.3) is 0 Å². The van der Waals surface area contributed by atoms with E-state index in [1.807, 2.05) is 30.5 Å². The van der Waals surface area contributed by atoms with Crippen LogP contribution in [0, 0.1) is 5.82 Å². The third-order valence-corrected chi connectivity index (χ3v) is 3.12. The summed E-state index contributed by atoms with van der Waals surface area (Å²) < 4.78 is 13.1. The van der Waals surface area contributed by atoms with Gasteiger partial charge in [-0.3, -0.25) is 0 Å². The number of aromatic nitrogens is 1. The monoisotopic (exact) mass is 243 g/mol. The number of hydrogen-bond donors (Lipinski definition) is 2. The first-order valence-electron chi connectivity index (χ1n) is 5.30. The minimum absolute atomic E-state index is 0.225. The van der Waals surface area contributed by atoms with Crippen molar-refractivity contribution in [3.8, 4) is 11.1 Å². The Morgan fingerprint density at radius 2 is 1.76 bits per heavy atom. The number of fused-ring (bicyclic) bond motifs is 1. The standard InChI is InChI=1S/C14H10FNS/c15-10-3-6-12-13(8-16-14(12)7-10)9-1-4-11(17)5-2-9/h1-8,16-17H. The molecule has 0 atom stereocenters. The van der Waals surface area contributed by atoms with E-state index in [9.17, 15) is 4.39 Å². The molecule has 0 aliphatic carbocycles. The molecule has 0 fully saturated rings. The third kappa shape index (κ3) is 1.83. The maximum atomic E-state index is 13.1. The van der Waals surface area contributed by atoms with E-state index in [1.165, 1.54) is 12.1 Å². The van der Waals surface area contributed by atoms with Gasteiger partial charge < -0.3 is 4.98 Å². The van der Waals surface area contributed by atoms with Crippen LogP contribution in [0.15, 0.2) is 53.6 Å². The van der Waals surface area contributed by atoms with E-state index in [1.54, 1.807) is 6.07 Å². The minimum Gasteiger partial charge on any atom is -0.360 e. The Kier molecular flexibility index (Phi) is 2.41. The normalized spacial score (nSPS) is 10.9. The van der Waals surface area contributed by atoms with Gasteiger partial charge in [0.1, 0.15) is 5.82 Å². The molecule has 1 nitrogen and oxygen atoms in total. The molecule has 3 rings (SSSR count). The first-order chi connectivity index (χ1) is 8.24. The lowest BCUT2D eigenvalue weighted by Crippen LogP contribution is -1.76. The zero-order valence-corrected chi connectivity index (χ0v) is 9.84. The number of rotatable bonds is 1. The molecular weight excluding hydrogens is 233 g/mol. The molecule has 0 aliphatic heterocycles. The summed E-state index contributed by atoms with van der Waals surface area (Å²) in [5.41, 5.74) is 2.99. The van der Waals surface area contributed by atoms with Crippen molar-refractivity contribution in [3.05, 3.63) is 54.5 Å². The lowest BCUT2D eigenvalue weighted by Gasteiger charge is -2.00. The molecule has 0 radical (unpaired) electrons. The summed E-state index contributed by atoms with van der Waals surface area (Å²) in [5.74, 6) is -0.225. The molecule has 1 heterocycles. The zero-order chi connectivity index (χ0) is 11.8. The molecule has 0 spiro atoms. The quantitative estimate of drug-likeness (QED) is 0.594. The fourth-order valence-corrected chi connectivity index (χ4v) is 2.13. The second kappa shape index (κ2) is 3.93.